The highest BCUT2D eigenvalue weighted by Crippen LogP contribution is 2.33. The van der Waals surface area contributed by atoms with Gasteiger partial charge in [-0.1, -0.05) is 12.1 Å². The number of esters is 1. The molecule has 4 nitrogen and oxygen atoms in total. The normalized spacial score (nSPS) is 12.0. The van der Waals surface area contributed by atoms with E-state index in [0.29, 0.717) is 15.8 Å². The van der Waals surface area contributed by atoms with Crippen LogP contribution in [0.5, 0.6) is 5.75 Å². The van der Waals surface area contributed by atoms with Gasteiger partial charge in [-0.25, -0.2) is 0 Å². The number of ether oxygens (including phenoxy) is 2. The molecule has 88 valence electrons. The molecule has 1 rings (SSSR count). The molecule has 0 saturated heterocycles. The van der Waals surface area contributed by atoms with Gasteiger partial charge in [-0.05, 0) is 27.6 Å². The van der Waals surface area contributed by atoms with E-state index in [9.17, 15) is 9.90 Å². The number of methoxy groups -OCH3 is 2. The van der Waals surface area contributed by atoms with Gasteiger partial charge >= 0.3 is 5.97 Å². The zero-order chi connectivity index (χ0) is 12.1. The van der Waals surface area contributed by atoms with E-state index in [2.05, 4.69) is 20.7 Å². The fourth-order valence-corrected chi connectivity index (χ4v) is 1.98. The average Bonchev–Trinajstić information content (AvgIpc) is 2.29. The largest absolute Gasteiger partial charge is 0.496 e. The summed E-state index contributed by atoms with van der Waals surface area (Å²) in [6, 6.07) is 5.23. The third-order valence-corrected chi connectivity index (χ3v) is 3.01. The smallest absolute Gasteiger partial charge is 0.308 e. The van der Waals surface area contributed by atoms with Gasteiger partial charge in [0, 0.05) is 0 Å². The summed E-state index contributed by atoms with van der Waals surface area (Å²) in [6.45, 7) is 0. The number of halogens is 1. The Kier molecular flexibility index (Phi) is 4.76. The standard InChI is InChI=1S/C11H13BrO4/c1-15-9-5-3-4-7(11(9)12)8(13)6-10(14)16-2/h3-5,8,13H,6H2,1-2H3/t8-/m0/s1. The maximum atomic E-state index is 11.0. The van der Waals surface area contributed by atoms with Crippen molar-refractivity contribution in [2.45, 2.75) is 12.5 Å². The minimum atomic E-state index is -0.906. The number of aliphatic hydroxyl groups excluding tert-OH is 1. The molecule has 5 heteroatoms. The Morgan fingerprint density at radius 1 is 1.50 bits per heavy atom. The second-order valence-electron chi connectivity index (χ2n) is 3.16. The molecule has 0 radical (unpaired) electrons. The van der Waals surface area contributed by atoms with E-state index in [0.717, 1.165) is 0 Å². The van der Waals surface area contributed by atoms with Crippen molar-refractivity contribution in [3.63, 3.8) is 0 Å². The molecule has 0 spiro atoms. The Labute approximate surface area is 102 Å². The second-order valence-corrected chi connectivity index (χ2v) is 3.95. The van der Waals surface area contributed by atoms with E-state index in [4.69, 9.17) is 4.74 Å². The van der Waals surface area contributed by atoms with Crippen LogP contribution in [0.1, 0.15) is 18.1 Å². The topological polar surface area (TPSA) is 55.8 Å². The van der Waals surface area contributed by atoms with Crippen LogP contribution in [0.4, 0.5) is 0 Å². The predicted molar refractivity (Wildman–Crippen MR) is 62.3 cm³/mol. The van der Waals surface area contributed by atoms with Gasteiger partial charge in [0.05, 0.1) is 31.2 Å². The highest BCUT2D eigenvalue weighted by Gasteiger charge is 2.17. The Hall–Kier alpha value is -1.07. The molecule has 0 aliphatic rings. The van der Waals surface area contributed by atoms with Crippen LogP contribution in [0.2, 0.25) is 0 Å². The fraction of sp³-hybridized carbons (Fsp3) is 0.364. The van der Waals surface area contributed by atoms with Gasteiger partial charge in [-0.3, -0.25) is 4.79 Å². The molecule has 0 aromatic heterocycles. The third-order valence-electron chi connectivity index (χ3n) is 2.16. The lowest BCUT2D eigenvalue weighted by atomic mass is 10.1. The second kappa shape index (κ2) is 5.86. The van der Waals surface area contributed by atoms with Crippen molar-refractivity contribution in [1.29, 1.82) is 0 Å². The van der Waals surface area contributed by atoms with Gasteiger partial charge in [0.25, 0.3) is 0 Å². The van der Waals surface area contributed by atoms with Gasteiger partial charge in [-0.15, -0.1) is 0 Å². The average molecular weight is 289 g/mol. The lowest BCUT2D eigenvalue weighted by Crippen LogP contribution is -2.08. The van der Waals surface area contributed by atoms with E-state index in [1.807, 2.05) is 0 Å². The van der Waals surface area contributed by atoms with Crippen LogP contribution in [0.3, 0.4) is 0 Å². The van der Waals surface area contributed by atoms with E-state index < -0.39 is 12.1 Å². The molecule has 16 heavy (non-hydrogen) atoms. The Morgan fingerprint density at radius 2 is 2.19 bits per heavy atom. The number of hydrogen-bond donors (Lipinski definition) is 1. The van der Waals surface area contributed by atoms with E-state index in [1.165, 1.54) is 14.2 Å². The third kappa shape index (κ3) is 2.96. The van der Waals surface area contributed by atoms with Crippen LogP contribution in [-0.2, 0) is 9.53 Å². The summed E-state index contributed by atoms with van der Waals surface area (Å²) in [6.07, 6.45) is -0.987. The summed E-state index contributed by atoms with van der Waals surface area (Å²) in [5.74, 6) is 0.156. The summed E-state index contributed by atoms with van der Waals surface area (Å²) in [7, 11) is 2.83. The highest BCUT2D eigenvalue weighted by molar-refractivity contribution is 9.10. The molecular weight excluding hydrogens is 276 g/mol. The first-order valence-electron chi connectivity index (χ1n) is 4.67. The van der Waals surface area contributed by atoms with E-state index in [1.54, 1.807) is 18.2 Å². The maximum absolute atomic E-state index is 11.0. The molecule has 0 fully saturated rings. The molecule has 1 N–H and O–H groups in total. The van der Waals surface area contributed by atoms with Gasteiger partial charge in [-0.2, -0.15) is 0 Å². The molecule has 1 aromatic rings. The van der Waals surface area contributed by atoms with Crippen molar-refractivity contribution in [3.8, 4) is 5.75 Å². The van der Waals surface area contributed by atoms with E-state index >= 15 is 0 Å². The summed E-state index contributed by atoms with van der Waals surface area (Å²) < 4.78 is 10.2. The molecule has 0 heterocycles. The minimum absolute atomic E-state index is 0.0811. The molecule has 0 saturated carbocycles. The first kappa shape index (κ1) is 13.0. The van der Waals surface area contributed by atoms with Gasteiger partial charge < -0.3 is 14.6 Å². The van der Waals surface area contributed by atoms with E-state index in [-0.39, 0.29) is 6.42 Å². The number of aliphatic hydroxyl groups is 1. The Morgan fingerprint density at radius 3 is 2.75 bits per heavy atom. The monoisotopic (exact) mass is 288 g/mol. The van der Waals surface area contributed by atoms with Crippen molar-refractivity contribution in [2.24, 2.45) is 0 Å². The molecule has 0 amide bonds. The van der Waals surface area contributed by atoms with Crippen molar-refractivity contribution in [1.82, 2.24) is 0 Å². The summed E-state index contributed by atoms with van der Waals surface area (Å²) in [5.41, 5.74) is 0.602. The summed E-state index contributed by atoms with van der Waals surface area (Å²) in [4.78, 5) is 11.0. The molecule has 1 aromatic carbocycles. The molecule has 0 aliphatic heterocycles. The van der Waals surface area contributed by atoms with Crippen molar-refractivity contribution in [2.75, 3.05) is 14.2 Å². The molecule has 0 unspecified atom stereocenters. The van der Waals surface area contributed by atoms with Crippen LogP contribution >= 0.6 is 15.9 Å². The number of carbonyl (C=O) groups excluding carboxylic acids is 1. The Bertz CT molecular complexity index is 378. The number of hydrogen-bond acceptors (Lipinski definition) is 4. The maximum Gasteiger partial charge on any atom is 0.308 e. The quantitative estimate of drug-likeness (QED) is 0.862. The highest BCUT2D eigenvalue weighted by atomic mass is 79.9. The number of rotatable bonds is 4. The van der Waals surface area contributed by atoms with Crippen LogP contribution in [0.15, 0.2) is 22.7 Å². The van der Waals surface area contributed by atoms with Crippen molar-refractivity contribution < 1.29 is 19.4 Å². The zero-order valence-corrected chi connectivity index (χ0v) is 10.7. The van der Waals surface area contributed by atoms with Crippen LogP contribution in [0.25, 0.3) is 0 Å². The van der Waals surface area contributed by atoms with Crippen LogP contribution < -0.4 is 4.74 Å². The summed E-state index contributed by atoms with van der Waals surface area (Å²) >= 11 is 3.32. The van der Waals surface area contributed by atoms with Crippen molar-refractivity contribution in [3.05, 3.63) is 28.2 Å². The summed E-state index contributed by atoms with van der Waals surface area (Å²) in [5, 5.41) is 9.84. The first-order valence-corrected chi connectivity index (χ1v) is 5.46. The predicted octanol–water partition coefficient (Wildman–Crippen LogP) is 2.05. The van der Waals surface area contributed by atoms with Crippen LogP contribution in [-0.4, -0.2) is 25.3 Å². The number of benzene rings is 1. The lowest BCUT2D eigenvalue weighted by molar-refractivity contribution is -0.142. The first-order chi connectivity index (χ1) is 7.60. The molecular formula is C11H13BrO4. The molecule has 0 aliphatic carbocycles. The zero-order valence-electron chi connectivity index (χ0n) is 9.07. The van der Waals surface area contributed by atoms with Gasteiger partial charge in [0.15, 0.2) is 0 Å². The SMILES string of the molecule is COC(=O)C[C@H](O)c1cccc(OC)c1Br. The molecule has 1 atom stereocenters. The van der Waals surface area contributed by atoms with Gasteiger partial charge in [0.1, 0.15) is 5.75 Å². The van der Waals surface area contributed by atoms with Crippen molar-refractivity contribution >= 4 is 21.9 Å². The lowest BCUT2D eigenvalue weighted by Gasteiger charge is -2.13. The van der Waals surface area contributed by atoms with Crippen LogP contribution in [0, 0.1) is 0 Å². The molecule has 0 bridgehead atoms. The fourth-order valence-electron chi connectivity index (χ4n) is 1.29. The van der Waals surface area contributed by atoms with Gasteiger partial charge in [0.2, 0.25) is 0 Å². The number of carbonyl (C=O) groups is 1. The minimum Gasteiger partial charge on any atom is -0.496 e. The Balaban J connectivity index is 2.91.